The number of hydrogen-bond donors (Lipinski definition) is 0. The van der Waals surface area contributed by atoms with E-state index in [1.165, 1.54) is 6.07 Å². The van der Waals surface area contributed by atoms with E-state index >= 15 is 0 Å². The van der Waals surface area contributed by atoms with Gasteiger partial charge in [0.1, 0.15) is 6.33 Å². The summed E-state index contributed by atoms with van der Waals surface area (Å²) in [6, 6.07) is 2.97. The van der Waals surface area contributed by atoms with Crippen LogP contribution in [-0.4, -0.2) is 23.2 Å². The van der Waals surface area contributed by atoms with Crippen LogP contribution in [0.15, 0.2) is 23.4 Å². The average Bonchev–Trinajstić information content (AvgIpc) is 3.20. The smallest absolute Gasteiger partial charge is 0.220 e. The maximum atomic E-state index is 12.7. The van der Waals surface area contributed by atoms with Crippen LogP contribution in [-0.2, 0) is 21.6 Å². The molecule has 0 saturated heterocycles. The number of aryl methyl sites for hydroxylation is 1. The Bertz CT molecular complexity index is 889. The van der Waals surface area contributed by atoms with Gasteiger partial charge in [0.25, 0.3) is 14.9 Å². The van der Waals surface area contributed by atoms with Crippen LogP contribution in [0, 0.1) is 0 Å². The van der Waals surface area contributed by atoms with Gasteiger partial charge in [-0.15, -0.1) is 5.10 Å². The summed E-state index contributed by atoms with van der Waals surface area (Å²) in [5.74, 6) is -1.17. The fourth-order valence-corrected chi connectivity index (χ4v) is 3.72. The molecular weight excluding hydrogens is 367 g/mol. The number of halogens is 4. The number of rotatable bonds is 4. The van der Waals surface area contributed by atoms with Crippen LogP contribution in [0.4, 0.5) is 13.2 Å². The van der Waals surface area contributed by atoms with Crippen molar-refractivity contribution in [1.82, 2.24) is 14.8 Å². The molecule has 0 N–H and O–H groups in total. The molecule has 0 bridgehead atoms. The summed E-state index contributed by atoms with van der Waals surface area (Å²) in [6.07, 6.45) is -1.53. The standard InChI is InChI=1S/C14H13ClF3N3O2S/c1-2-8-5-10(9-3-4-9)12(24(15,22)23)6-11(8)21-7-19-13(20-21)14(16,17)18/h5-7,9H,2-4H2,1H3. The third kappa shape index (κ3) is 3.27. The molecule has 1 fully saturated rings. The number of aromatic nitrogens is 3. The van der Waals surface area contributed by atoms with Crippen LogP contribution in [0.25, 0.3) is 5.69 Å². The van der Waals surface area contributed by atoms with Gasteiger partial charge >= 0.3 is 6.18 Å². The van der Waals surface area contributed by atoms with E-state index in [0.29, 0.717) is 17.5 Å². The Morgan fingerprint density at radius 3 is 2.46 bits per heavy atom. The lowest BCUT2D eigenvalue weighted by molar-refractivity contribution is -0.144. The third-order valence-electron chi connectivity index (χ3n) is 3.86. The van der Waals surface area contributed by atoms with Crippen LogP contribution in [0.2, 0.25) is 0 Å². The van der Waals surface area contributed by atoms with Gasteiger partial charge in [-0.25, -0.2) is 18.1 Å². The Hall–Kier alpha value is -1.61. The second-order valence-electron chi connectivity index (χ2n) is 5.59. The Kier molecular flexibility index (Phi) is 4.11. The molecule has 1 aliphatic carbocycles. The summed E-state index contributed by atoms with van der Waals surface area (Å²) in [4.78, 5) is 3.16. The van der Waals surface area contributed by atoms with Gasteiger partial charge in [0.05, 0.1) is 10.6 Å². The third-order valence-corrected chi connectivity index (χ3v) is 5.24. The Labute approximate surface area is 140 Å². The first kappa shape index (κ1) is 17.2. The fourth-order valence-electron chi connectivity index (χ4n) is 2.56. The van der Waals surface area contributed by atoms with E-state index in [1.54, 1.807) is 6.07 Å². The molecule has 1 saturated carbocycles. The van der Waals surface area contributed by atoms with Crippen molar-refractivity contribution in [2.45, 2.75) is 43.2 Å². The average molecular weight is 380 g/mol. The molecule has 130 valence electrons. The molecule has 1 aromatic heterocycles. The molecule has 3 rings (SSSR count). The predicted octanol–water partition coefficient (Wildman–Crippen LogP) is 3.65. The molecule has 0 atom stereocenters. The van der Waals surface area contributed by atoms with Crippen molar-refractivity contribution < 1.29 is 21.6 Å². The van der Waals surface area contributed by atoms with Crippen molar-refractivity contribution in [3.8, 4) is 5.69 Å². The van der Waals surface area contributed by atoms with Crippen LogP contribution >= 0.6 is 10.7 Å². The topological polar surface area (TPSA) is 64.8 Å². The van der Waals surface area contributed by atoms with Gasteiger partial charge < -0.3 is 0 Å². The van der Waals surface area contributed by atoms with Crippen molar-refractivity contribution in [2.75, 3.05) is 0 Å². The molecule has 1 aromatic carbocycles. The summed E-state index contributed by atoms with van der Waals surface area (Å²) in [6.45, 7) is 1.83. The lowest BCUT2D eigenvalue weighted by Gasteiger charge is -2.13. The first-order valence-corrected chi connectivity index (χ1v) is 9.53. The molecule has 2 aromatic rings. The second kappa shape index (κ2) is 5.73. The molecule has 24 heavy (non-hydrogen) atoms. The summed E-state index contributed by atoms with van der Waals surface area (Å²) >= 11 is 0. The minimum absolute atomic E-state index is 0.0806. The molecule has 0 amide bonds. The van der Waals surface area contributed by atoms with Gasteiger partial charge in [0.15, 0.2) is 0 Å². The van der Waals surface area contributed by atoms with E-state index in [4.69, 9.17) is 10.7 Å². The molecule has 0 unspecified atom stereocenters. The molecule has 1 aliphatic rings. The highest BCUT2D eigenvalue weighted by molar-refractivity contribution is 8.13. The van der Waals surface area contributed by atoms with Crippen LogP contribution in [0.5, 0.6) is 0 Å². The summed E-state index contributed by atoms with van der Waals surface area (Å²) in [5, 5.41) is 3.42. The first-order valence-electron chi connectivity index (χ1n) is 7.22. The SMILES string of the molecule is CCc1cc(C2CC2)c(S(=O)(=O)Cl)cc1-n1cnc(C(F)(F)F)n1. The molecule has 10 heteroatoms. The summed E-state index contributed by atoms with van der Waals surface area (Å²) < 4.78 is 62.8. The number of nitrogens with zero attached hydrogens (tertiary/aromatic N) is 3. The molecule has 1 heterocycles. The predicted molar refractivity (Wildman–Crippen MR) is 80.8 cm³/mol. The van der Waals surface area contributed by atoms with Crippen molar-refractivity contribution in [3.05, 3.63) is 35.4 Å². The van der Waals surface area contributed by atoms with E-state index in [2.05, 4.69) is 10.1 Å². The van der Waals surface area contributed by atoms with E-state index in [0.717, 1.165) is 23.9 Å². The van der Waals surface area contributed by atoms with Gasteiger partial charge in [-0.2, -0.15) is 13.2 Å². The van der Waals surface area contributed by atoms with Gasteiger partial charge in [-0.05, 0) is 42.4 Å². The second-order valence-corrected chi connectivity index (χ2v) is 8.13. The zero-order valence-electron chi connectivity index (χ0n) is 12.5. The minimum Gasteiger partial charge on any atom is -0.220 e. The van der Waals surface area contributed by atoms with Crippen LogP contribution in [0.1, 0.15) is 42.6 Å². The van der Waals surface area contributed by atoms with Gasteiger partial charge in [-0.3, -0.25) is 0 Å². The number of alkyl halides is 3. The van der Waals surface area contributed by atoms with E-state index in [1.807, 2.05) is 6.92 Å². The highest BCUT2D eigenvalue weighted by atomic mass is 35.7. The molecular formula is C14H13ClF3N3O2S. The minimum atomic E-state index is -4.67. The summed E-state index contributed by atoms with van der Waals surface area (Å²) in [7, 11) is 1.49. The monoisotopic (exact) mass is 379 g/mol. The molecule has 0 radical (unpaired) electrons. The van der Waals surface area contributed by atoms with E-state index < -0.39 is 21.1 Å². The van der Waals surface area contributed by atoms with Crippen LogP contribution in [0.3, 0.4) is 0 Å². The maximum absolute atomic E-state index is 12.7. The highest BCUT2D eigenvalue weighted by Crippen LogP contribution is 2.44. The molecule has 0 aliphatic heterocycles. The van der Waals surface area contributed by atoms with E-state index in [-0.39, 0.29) is 16.5 Å². The number of benzene rings is 1. The first-order chi connectivity index (χ1) is 11.1. The molecule has 0 spiro atoms. The van der Waals surface area contributed by atoms with Gasteiger partial charge in [-0.1, -0.05) is 13.0 Å². The maximum Gasteiger partial charge on any atom is 0.453 e. The van der Waals surface area contributed by atoms with Crippen molar-refractivity contribution in [3.63, 3.8) is 0 Å². The van der Waals surface area contributed by atoms with Crippen LogP contribution < -0.4 is 0 Å². The molecule has 5 nitrogen and oxygen atoms in total. The lowest BCUT2D eigenvalue weighted by atomic mass is 10.0. The zero-order valence-corrected chi connectivity index (χ0v) is 14.1. The van der Waals surface area contributed by atoms with Gasteiger partial charge in [0, 0.05) is 10.7 Å². The van der Waals surface area contributed by atoms with Crippen molar-refractivity contribution in [1.29, 1.82) is 0 Å². The lowest BCUT2D eigenvalue weighted by Crippen LogP contribution is -2.10. The largest absolute Gasteiger partial charge is 0.453 e. The quantitative estimate of drug-likeness (QED) is 0.760. The Morgan fingerprint density at radius 2 is 2.00 bits per heavy atom. The van der Waals surface area contributed by atoms with E-state index in [9.17, 15) is 21.6 Å². The Morgan fingerprint density at radius 1 is 1.33 bits per heavy atom. The normalized spacial score (nSPS) is 15.7. The summed E-state index contributed by atoms with van der Waals surface area (Å²) in [5.41, 5.74) is 1.52. The van der Waals surface area contributed by atoms with Gasteiger partial charge in [0.2, 0.25) is 0 Å². The highest BCUT2D eigenvalue weighted by Gasteiger charge is 2.36. The Balaban J connectivity index is 2.18. The van der Waals surface area contributed by atoms with Crippen molar-refractivity contribution >= 4 is 19.7 Å². The van der Waals surface area contributed by atoms with Crippen molar-refractivity contribution in [2.24, 2.45) is 0 Å². The fraction of sp³-hybridized carbons (Fsp3) is 0.429. The number of hydrogen-bond acceptors (Lipinski definition) is 4. The zero-order chi connectivity index (χ0) is 17.7.